The number of anilines is 2. The molecule has 3 aromatic rings. The second-order valence-electron chi connectivity index (χ2n) is 5.55. The summed E-state index contributed by atoms with van der Waals surface area (Å²) < 4.78 is 5.91. The van der Waals surface area contributed by atoms with Gasteiger partial charge in [-0.1, -0.05) is 35.2 Å². The van der Waals surface area contributed by atoms with E-state index >= 15 is 0 Å². The smallest absolute Gasteiger partial charge is 0.253 e. The Labute approximate surface area is 170 Å². The molecular formula is C18H19N5O3S2. The molecule has 0 aliphatic heterocycles. The Kier molecular flexibility index (Phi) is 7.04. The van der Waals surface area contributed by atoms with E-state index in [0.717, 1.165) is 11.7 Å². The summed E-state index contributed by atoms with van der Waals surface area (Å²) in [4.78, 5) is 24.8. The predicted octanol–water partition coefficient (Wildman–Crippen LogP) is 3.22. The highest BCUT2D eigenvalue weighted by Crippen LogP contribution is 2.25. The minimum atomic E-state index is -0.292. The van der Waals surface area contributed by atoms with Gasteiger partial charge in [-0.05, 0) is 31.2 Å². The molecule has 0 aliphatic carbocycles. The minimum Gasteiger partial charge on any atom is -0.467 e. The van der Waals surface area contributed by atoms with Crippen molar-refractivity contribution in [3.05, 3.63) is 54.0 Å². The lowest BCUT2D eigenvalue weighted by Crippen LogP contribution is -2.25. The van der Waals surface area contributed by atoms with Crippen molar-refractivity contribution in [2.75, 3.05) is 22.9 Å². The van der Waals surface area contributed by atoms with Crippen LogP contribution < -0.4 is 16.0 Å². The van der Waals surface area contributed by atoms with E-state index in [-0.39, 0.29) is 24.1 Å². The third kappa shape index (κ3) is 5.57. The summed E-state index contributed by atoms with van der Waals surface area (Å²) in [7, 11) is 0. The van der Waals surface area contributed by atoms with Gasteiger partial charge < -0.3 is 20.4 Å². The van der Waals surface area contributed by atoms with Crippen molar-refractivity contribution in [3.63, 3.8) is 0 Å². The van der Waals surface area contributed by atoms with Gasteiger partial charge in [0.25, 0.3) is 5.91 Å². The molecule has 0 saturated heterocycles. The summed E-state index contributed by atoms with van der Waals surface area (Å²) in [6.45, 7) is 3.01. The molecule has 0 spiro atoms. The van der Waals surface area contributed by atoms with Crippen molar-refractivity contribution in [2.45, 2.75) is 17.8 Å². The molecule has 0 atom stereocenters. The number of hydrogen-bond donors (Lipinski definition) is 3. The first kappa shape index (κ1) is 19.9. The molecule has 2 heterocycles. The van der Waals surface area contributed by atoms with Crippen molar-refractivity contribution in [1.29, 1.82) is 0 Å². The highest BCUT2D eigenvalue weighted by Gasteiger charge is 2.14. The van der Waals surface area contributed by atoms with Crippen LogP contribution >= 0.6 is 23.1 Å². The third-order valence-electron chi connectivity index (χ3n) is 3.51. The molecule has 0 fully saturated rings. The predicted molar refractivity (Wildman–Crippen MR) is 110 cm³/mol. The number of hydrogen-bond acceptors (Lipinski definition) is 8. The average molecular weight is 418 g/mol. The fourth-order valence-corrected chi connectivity index (χ4v) is 3.89. The van der Waals surface area contributed by atoms with Gasteiger partial charge in [-0.15, -0.1) is 10.2 Å². The van der Waals surface area contributed by atoms with E-state index in [9.17, 15) is 9.59 Å². The topological polar surface area (TPSA) is 109 Å². The Balaban J connectivity index is 1.55. The van der Waals surface area contributed by atoms with Crippen LogP contribution in [0.15, 0.2) is 51.4 Å². The van der Waals surface area contributed by atoms with E-state index in [4.69, 9.17) is 4.42 Å². The number of nitrogens with one attached hydrogen (secondary N) is 3. The average Bonchev–Trinajstić information content (AvgIpc) is 3.37. The van der Waals surface area contributed by atoms with Crippen LogP contribution in [0.3, 0.4) is 0 Å². The van der Waals surface area contributed by atoms with Crippen molar-refractivity contribution in [3.8, 4) is 0 Å². The molecule has 1 aromatic carbocycles. The first-order chi connectivity index (χ1) is 13.7. The summed E-state index contributed by atoms with van der Waals surface area (Å²) in [5.74, 6) is 0.305. The number of furan rings is 1. The molecule has 0 aliphatic rings. The normalized spacial score (nSPS) is 10.5. The van der Waals surface area contributed by atoms with Gasteiger partial charge in [-0.2, -0.15) is 0 Å². The molecule has 10 heteroatoms. The standard InChI is InChI=1S/C18H19N5O3S2/c1-2-19-17-22-23-18(28-17)27-11-15(24)21-14-8-4-3-7-13(14)16(25)20-10-12-6-5-9-26-12/h3-9H,2,10-11H2,1H3,(H,19,22)(H,20,25)(H,21,24). The molecule has 3 N–H and O–H groups in total. The Morgan fingerprint density at radius 3 is 2.82 bits per heavy atom. The lowest BCUT2D eigenvalue weighted by molar-refractivity contribution is -0.113. The molecule has 0 unspecified atom stereocenters. The van der Waals surface area contributed by atoms with E-state index in [1.54, 1.807) is 42.7 Å². The maximum Gasteiger partial charge on any atom is 0.253 e. The molecule has 0 radical (unpaired) electrons. The van der Waals surface area contributed by atoms with E-state index in [2.05, 4.69) is 26.1 Å². The first-order valence-electron chi connectivity index (χ1n) is 8.55. The van der Waals surface area contributed by atoms with Crippen LogP contribution in [0, 0.1) is 0 Å². The highest BCUT2D eigenvalue weighted by atomic mass is 32.2. The number of aromatic nitrogens is 2. The summed E-state index contributed by atoms with van der Waals surface area (Å²) in [6, 6.07) is 10.4. The van der Waals surface area contributed by atoms with Gasteiger partial charge in [0.15, 0.2) is 4.34 Å². The van der Waals surface area contributed by atoms with E-state index in [1.807, 2.05) is 6.92 Å². The summed E-state index contributed by atoms with van der Waals surface area (Å²) in [5, 5.41) is 17.4. The number of benzene rings is 1. The second-order valence-corrected chi connectivity index (χ2v) is 7.75. The van der Waals surface area contributed by atoms with Gasteiger partial charge in [-0.25, -0.2) is 0 Å². The molecule has 0 bridgehead atoms. The van der Waals surface area contributed by atoms with E-state index < -0.39 is 0 Å². The molecule has 8 nitrogen and oxygen atoms in total. The number of thioether (sulfide) groups is 1. The Bertz CT molecular complexity index is 927. The Morgan fingerprint density at radius 1 is 1.18 bits per heavy atom. The number of nitrogens with zero attached hydrogens (tertiary/aromatic N) is 2. The number of rotatable bonds is 9. The molecule has 146 valence electrons. The molecule has 2 aromatic heterocycles. The maximum atomic E-state index is 12.5. The number of amides is 2. The Morgan fingerprint density at radius 2 is 2.04 bits per heavy atom. The fourth-order valence-electron chi connectivity index (χ4n) is 2.27. The zero-order valence-corrected chi connectivity index (χ0v) is 16.7. The van der Waals surface area contributed by atoms with Gasteiger partial charge >= 0.3 is 0 Å². The monoisotopic (exact) mass is 417 g/mol. The fraction of sp³-hybridized carbons (Fsp3) is 0.222. The SMILES string of the molecule is CCNc1nnc(SCC(=O)Nc2ccccc2C(=O)NCc2ccco2)s1. The van der Waals surface area contributed by atoms with Crippen LogP contribution in [-0.2, 0) is 11.3 Å². The summed E-state index contributed by atoms with van der Waals surface area (Å²) in [6.07, 6.45) is 1.55. The van der Waals surface area contributed by atoms with Gasteiger partial charge in [-0.3, -0.25) is 9.59 Å². The van der Waals surface area contributed by atoms with Crippen LogP contribution in [0.5, 0.6) is 0 Å². The lowest BCUT2D eigenvalue weighted by Gasteiger charge is -2.10. The molecular weight excluding hydrogens is 398 g/mol. The summed E-state index contributed by atoms with van der Waals surface area (Å²) >= 11 is 2.69. The second kappa shape index (κ2) is 9.90. The maximum absolute atomic E-state index is 12.5. The van der Waals surface area contributed by atoms with Crippen LogP contribution in [0.2, 0.25) is 0 Å². The first-order valence-corrected chi connectivity index (χ1v) is 10.4. The lowest BCUT2D eigenvalue weighted by atomic mass is 10.1. The zero-order chi connectivity index (χ0) is 19.8. The van der Waals surface area contributed by atoms with E-state index in [0.29, 0.717) is 21.4 Å². The number of carbonyl (C=O) groups is 2. The van der Waals surface area contributed by atoms with Gasteiger partial charge in [0.2, 0.25) is 11.0 Å². The largest absolute Gasteiger partial charge is 0.467 e. The Hall–Kier alpha value is -2.85. The molecule has 2 amide bonds. The summed E-state index contributed by atoms with van der Waals surface area (Å²) in [5.41, 5.74) is 0.841. The van der Waals surface area contributed by atoms with E-state index in [1.165, 1.54) is 23.1 Å². The van der Waals surface area contributed by atoms with Crippen molar-refractivity contribution < 1.29 is 14.0 Å². The third-order valence-corrected chi connectivity index (χ3v) is 5.52. The molecule has 28 heavy (non-hydrogen) atoms. The highest BCUT2D eigenvalue weighted by molar-refractivity contribution is 8.01. The molecule has 3 rings (SSSR count). The van der Waals surface area contributed by atoms with Crippen molar-refractivity contribution in [1.82, 2.24) is 15.5 Å². The van der Waals surface area contributed by atoms with Gasteiger partial charge in [0.1, 0.15) is 5.76 Å². The minimum absolute atomic E-state index is 0.170. The van der Waals surface area contributed by atoms with Crippen LogP contribution in [0.4, 0.5) is 10.8 Å². The number of carbonyl (C=O) groups excluding carboxylic acids is 2. The van der Waals surface area contributed by atoms with Crippen LogP contribution in [0.1, 0.15) is 23.0 Å². The molecule has 0 saturated carbocycles. The van der Waals surface area contributed by atoms with Crippen molar-refractivity contribution >= 4 is 45.7 Å². The van der Waals surface area contributed by atoms with Crippen LogP contribution in [-0.4, -0.2) is 34.3 Å². The van der Waals surface area contributed by atoms with Crippen LogP contribution in [0.25, 0.3) is 0 Å². The van der Waals surface area contributed by atoms with Gasteiger partial charge in [0, 0.05) is 6.54 Å². The quantitative estimate of drug-likeness (QED) is 0.459. The zero-order valence-electron chi connectivity index (χ0n) is 15.1. The number of para-hydroxylation sites is 1. The van der Waals surface area contributed by atoms with Crippen molar-refractivity contribution in [2.24, 2.45) is 0 Å². The van der Waals surface area contributed by atoms with Gasteiger partial charge in [0.05, 0.1) is 29.8 Å².